The monoisotopic (exact) mass is 279 g/mol. The molecule has 0 aliphatic heterocycles. The Morgan fingerprint density at radius 1 is 1.29 bits per heavy atom. The summed E-state index contributed by atoms with van der Waals surface area (Å²) in [5.74, 6) is -0.0390. The normalized spacial score (nSPS) is 12.0. The van der Waals surface area contributed by atoms with Crippen LogP contribution in [0.3, 0.4) is 0 Å². The first kappa shape index (κ1) is 14.4. The predicted octanol–water partition coefficient (Wildman–Crippen LogP) is 2.47. The Morgan fingerprint density at radius 3 is 2.35 bits per heavy atom. The fourth-order valence-corrected chi connectivity index (χ4v) is 3.05. The van der Waals surface area contributed by atoms with Gasteiger partial charge >= 0.3 is 0 Å². The van der Waals surface area contributed by atoms with Gasteiger partial charge in [-0.3, -0.25) is 0 Å². The second-order valence-electron chi connectivity index (χ2n) is 3.49. The Hall–Kier alpha value is -0.650. The Labute approximate surface area is 106 Å². The lowest BCUT2D eigenvalue weighted by Gasteiger charge is -2.19. The Kier molecular flexibility index (Phi) is 5.36. The summed E-state index contributed by atoms with van der Waals surface area (Å²) in [4.78, 5) is 0.107. The molecule has 0 fully saturated rings. The molecule has 0 spiro atoms. The molecular formula is C11H15ClFNO2S. The van der Waals surface area contributed by atoms with Crippen LogP contribution in [0.1, 0.15) is 13.3 Å². The average Bonchev–Trinajstić information content (AvgIpc) is 2.30. The summed E-state index contributed by atoms with van der Waals surface area (Å²) in [5.41, 5.74) is 0. The van der Waals surface area contributed by atoms with Crippen LogP contribution in [0.4, 0.5) is 4.39 Å². The van der Waals surface area contributed by atoms with Crippen LogP contribution >= 0.6 is 11.6 Å². The van der Waals surface area contributed by atoms with Gasteiger partial charge in [-0.1, -0.05) is 6.92 Å². The zero-order valence-corrected chi connectivity index (χ0v) is 11.1. The molecule has 0 aliphatic carbocycles. The second-order valence-corrected chi connectivity index (χ2v) is 5.81. The second kappa shape index (κ2) is 6.33. The van der Waals surface area contributed by atoms with Crippen LogP contribution in [0, 0.1) is 5.82 Å². The largest absolute Gasteiger partial charge is 0.243 e. The minimum atomic E-state index is -3.53. The van der Waals surface area contributed by atoms with E-state index in [0.29, 0.717) is 25.4 Å². The van der Waals surface area contributed by atoms with Gasteiger partial charge in [-0.25, -0.2) is 12.8 Å². The van der Waals surface area contributed by atoms with Crippen molar-refractivity contribution in [3.63, 3.8) is 0 Å². The van der Waals surface area contributed by atoms with Crippen molar-refractivity contribution < 1.29 is 12.8 Å². The molecule has 0 atom stereocenters. The summed E-state index contributed by atoms with van der Waals surface area (Å²) in [6.45, 7) is 2.51. The van der Waals surface area contributed by atoms with E-state index in [1.807, 2.05) is 0 Å². The Bertz CT molecular complexity index is 447. The first-order valence-electron chi connectivity index (χ1n) is 5.34. The van der Waals surface area contributed by atoms with E-state index in [1.54, 1.807) is 6.92 Å². The van der Waals surface area contributed by atoms with Gasteiger partial charge in [0, 0.05) is 19.0 Å². The van der Waals surface area contributed by atoms with Crippen molar-refractivity contribution in [1.29, 1.82) is 0 Å². The van der Waals surface area contributed by atoms with Crippen LogP contribution in [0.25, 0.3) is 0 Å². The third-order valence-corrected chi connectivity index (χ3v) is 4.60. The lowest BCUT2D eigenvalue weighted by atomic mass is 10.4. The highest BCUT2D eigenvalue weighted by Crippen LogP contribution is 2.16. The van der Waals surface area contributed by atoms with Gasteiger partial charge in [-0.15, -0.1) is 11.6 Å². The van der Waals surface area contributed by atoms with Crippen molar-refractivity contribution in [2.24, 2.45) is 0 Å². The SMILES string of the molecule is CCN(CCCCl)S(=O)(=O)c1ccc(F)cc1. The minimum absolute atomic E-state index is 0.107. The summed E-state index contributed by atoms with van der Waals surface area (Å²) in [6.07, 6.45) is 0.593. The zero-order valence-electron chi connectivity index (χ0n) is 9.57. The van der Waals surface area contributed by atoms with Gasteiger partial charge in [0.25, 0.3) is 0 Å². The lowest BCUT2D eigenvalue weighted by Crippen LogP contribution is -2.32. The Morgan fingerprint density at radius 2 is 1.88 bits per heavy atom. The van der Waals surface area contributed by atoms with Gasteiger partial charge in [-0.2, -0.15) is 4.31 Å². The molecular weight excluding hydrogens is 265 g/mol. The van der Waals surface area contributed by atoms with Crippen LogP contribution in [-0.4, -0.2) is 31.7 Å². The molecule has 0 radical (unpaired) electrons. The summed E-state index contributed by atoms with van der Waals surface area (Å²) in [5, 5.41) is 0. The summed E-state index contributed by atoms with van der Waals surface area (Å²) in [7, 11) is -3.53. The van der Waals surface area contributed by atoms with Crippen LogP contribution in [0.2, 0.25) is 0 Å². The lowest BCUT2D eigenvalue weighted by molar-refractivity contribution is 0.428. The van der Waals surface area contributed by atoms with Gasteiger partial charge in [0.2, 0.25) is 10.0 Å². The van der Waals surface area contributed by atoms with Crippen LogP contribution in [0.5, 0.6) is 0 Å². The molecule has 0 unspecified atom stereocenters. The molecule has 1 rings (SSSR count). The van der Waals surface area contributed by atoms with E-state index in [0.717, 1.165) is 12.1 Å². The van der Waals surface area contributed by atoms with Crippen LogP contribution in [0.15, 0.2) is 29.2 Å². The number of nitrogens with zero attached hydrogens (tertiary/aromatic N) is 1. The molecule has 0 saturated heterocycles. The highest BCUT2D eigenvalue weighted by Gasteiger charge is 2.22. The van der Waals surface area contributed by atoms with Gasteiger partial charge in [-0.05, 0) is 30.7 Å². The maximum Gasteiger partial charge on any atom is 0.243 e. The highest BCUT2D eigenvalue weighted by atomic mass is 35.5. The van der Waals surface area contributed by atoms with Crippen molar-refractivity contribution in [2.75, 3.05) is 19.0 Å². The van der Waals surface area contributed by atoms with Crippen molar-refractivity contribution in [2.45, 2.75) is 18.2 Å². The third-order valence-electron chi connectivity index (χ3n) is 2.35. The molecule has 1 aromatic rings. The summed E-state index contributed by atoms with van der Waals surface area (Å²) in [6, 6.07) is 4.83. The predicted molar refractivity (Wildman–Crippen MR) is 66.2 cm³/mol. The molecule has 96 valence electrons. The quantitative estimate of drug-likeness (QED) is 0.750. The summed E-state index contributed by atoms with van der Waals surface area (Å²) >= 11 is 5.55. The highest BCUT2D eigenvalue weighted by molar-refractivity contribution is 7.89. The molecule has 0 saturated carbocycles. The van der Waals surface area contributed by atoms with E-state index >= 15 is 0 Å². The average molecular weight is 280 g/mol. The molecule has 6 heteroatoms. The first-order valence-corrected chi connectivity index (χ1v) is 7.31. The first-order chi connectivity index (χ1) is 8.02. The third kappa shape index (κ3) is 3.66. The number of hydrogen-bond donors (Lipinski definition) is 0. The fraction of sp³-hybridized carbons (Fsp3) is 0.455. The van der Waals surface area contributed by atoms with Crippen molar-refractivity contribution in [3.8, 4) is 0 Å². The standard InChI is InChI=1S/C11H15ClFNO2S/c1-2-14(9-3-8-12)17(15,16)11-6-4-10(13)5-7-11/h4-7H,2-3,8-9H2,1H3. The van der Waals surface area contributed by atoms with E-state index in [-0.39, 0.29) is 4.90 Å². The number of halogens is 2. The maximum atomic E-state index is 12.7. The van der Waals surface area contributed by atoms with E-state index in [9.17, 15) is 12.8 Å². The van der Waals surface area contributed by atoms with E-state index in [1.165, 1.54) is 16.4 Å². The van der Waals surface area contributed by atoms with Gasteiger partial charge < -0.3 is 0 Å². The van der Waals surface area contributed by atoms with Crippen LogP contribution < -0.4 is 0 Å². The molecule has 0 aromatic heterocycles. The maximum absolute atomic E-state index is 12.7. The molecule has 3 nitrogen and oxygen atoms in total. The number of sulfonamides is 1. The zero-order chi connectivity index (χ0) is 12.9. The number of hydrogen-bond acceptors (Lipinski definition) is 2. The fourth-order valence-electron chi connectivity index (χ4n) is 1.44. The van der Waals surface area contributed by atoms with Gasteiger partial charge in [0.05, 0.1) is 4.90 Å². The molecule has 0 amide bonds. The van der Waals surface area contributed by atoms with Crippen LogP contribution in [-0.2, 0) is 10.0 Å². The topological polar surface area (TPSA) is 37.4 Å². The van der Waals surface area contributed by atoms with Gasteiger partial charge in [0.15, 0.2) is 0 Å². The molecule has 1 aromatic carbocycles. The number of benzene rings is 1. The molecule has 0 bridgehead atoms. The summed E-state index contributed by atoms with van der Waals surface area (Å²) < 4.78 is 38.4. The number of rotatable bonds is 6. The molecule has 0 aliphatic rings. The van der Waals surface area contributed by atoms with E-state index in [4.69, 9.17) is 11.6 Å². The van der Waals surface area contributed by atoms with Crippen molar-refractivity contribution in [3.05, 3.63) is 30.1 Å². The van der Waals surface area contributed by atoms with Gasteiger partial charge in [0.1, 0.15) is 5.82 Å². The number of alkyl halides is 1. The minimum Gasteiger partial charge on any atom is -0.207 e. The smallest absolute Gasteiger partial charge is 0.207 e. The molecule has 17 heavy (non-hydrogen) atoms. The van der Waals surface area contributed by atoms with E-state index < -0.39 is 15.8 Å². The molecule has 0 N–H and O–H groups in total. The molecule has 0 heterocycles. The van der Waals surface area contributed by atoms with E-state index in [2.05, 4.69) is 0 Å². The Balaban J connectivity index is 2.95. The van der Waals surface area contributed by atoms with Crippen molar-refractivity contribution >= 4 is 21.6 Å². The van der Waals surface area contributed by atoms with Crippen molar-refractivity contribution in [1.82, 2.24) is 4.31 Å².